The number of aromatic nitrogens is 1. The zero-order chi connectivity index (χ0) is 13.7. The minimum absolute atomic E-state index is 0.771. The summed E-state index contributed by atoms with van der Waals surface area (Å²) < 4.78 is 0. The van der Waals surface area contributed by atoms with Crippen LogP contribution in [0, 0.1) is 11.8 Å². The molecule has 0 saturated carbocycles. The van der Waals surface area contributed by atoms with Crippen LogP contribution in [0.15, 0.2) is 18.2 Å². The molecule has 2 heterocycles. The number of hydrogen-bond acceptors (Lipinski definition) is 3. The molecule has 3 nitrogen and oxygen atoms in total. The van der Waals surface area contributed by atoms with Gasteiger partial charge in [0.15, 0.2) is 0 Å². The second-order valence-electron chi connectivity index (χ2n) is 6.01. The van der Waals surface area contributed by atoms with Gasteiger partial charge in [-0.25, -0.2) is 4.98 Å². The van der Waals surface area contributed by atoms with Crippen molar-refractivity contribution in [1.82, 2.24) is 10.3 Å². The number of piperidine rings is 1. The smallest absolute Gasteiger partial charge is 0.128 e. The van der Waals surface area contributed by atoms with E-state index < -0.39 is 0 Å². The third kappa shape index (κ3) is 4.20. The fourth-order valence-corrected chi connectivity index (χ4v) is 2.98. The molecule has 0 radical (unpaired) electrons. The zero-order valence-corrected chi connectivity index (χ0v) is 12.5. The summed E-state index contributed by atoms with van der Waals surface area (Å²) in [6.07, 6.45) is 2.51. The largest absolute Gasteiger partial charge is 0.356 e. The lowest BCUT2D eigenvalue weighted by molar-refractivity contribution is 0.355. The standard InChI is InChI=1S/C16H27N3/c1-4-8-17-10-15-6-5-7-16(18-15)19-11-13(2)9-14(3)12-19/h5-7,13-14,17H,4,8-12H2,1-3H3. The molecule has 1 aliphatic heterocycles. The van der Waals surface area contributed by atoms with Crippen molar-refractivity contribution in [3.05, 3.63) is 23.9 Å². The first-order valence-electron chi connectivity index (χ1n) is 7.60. The highest BCUT2D eigenvalue weighted by atomic mass is 15.2. The van der Waals surface area contributed by atoms with Crippen LogP contribution < -0.4 is 10.2 Å². The monoisotopic (exact) mass is 261 g/mol. The molecule has 2 rings (SSSR count). The van der Waals surface area contributed by atoms with Gasteiger partial charge in [0.2, 0.25) is 0 Å². The molecule has 2 unspecified atom stereocenters. The summed E-state index contributed by atoms with van der Waals surface area (Å²) in [5.41, 5.74) is 1.15. The van der Waals surface area contributed by atoms with Crippen LogP contribution in [0.25, 0.3) is 0 Å². The predicted molar refractivity (Wildman–Crippen MR) is 81.4 cm³/mol. The molecule has 1 aromatic rings. The van der Waals surface area contributed by atoms with Gasteiger partial charge in [-0.3, -0.25) is 0 Å². The van der Waals surface area contributed by atoms with Crippen LogP contribution in [-0.4, -0.2) is 24.6 Å². The molecule has 1 aliphatic rings. The van der Waals surface area contributed by atoms with Crippen molar-refractivity contribution in [2.45, 2.75) is 40.2 Å². The van der Waals surface area contributed by atoms with Crippen molar-refractivity contribution in [1.29, 1.82) is 0 Å². The van der Waals surface area contributed by atoms with Crippen molar-refractivity contribution in [2.75, 3.05) is 24.5 Å². The Balaban J connectivity index is 2.01. The summed E-state index contributed by atoms with van der Waals surface area (Å²) in [5, 5.41) is 3.42. The van der Waals surface area contributed by atoms with E-state index in [0.717, 1.165) is 49.5 Å². The van der Waals surface area contributed by atoms with E-state index in [1.165, 1.54) is 12.8 Å². The van der Waals surface area contributed by atoms with E-state index in [1.807, 2.05) is 0 Å². The summed E-state index contributed by atoms with van der Waals surface area (Å²) in [6, 6.07) is 6.40. The first-order valence-corrected chi connectivity index (χ1v) is 7.60. The van der Waals surface area contributed by atoms with Gasteiger partial charge < -0.3 is 10.2 Å². The SMILES string of the molecule is CCCNCc1cccc(N2CC(C)CC(C)C2)n1. The van der Waals surface area contributed by atoms with Gasteiger partial charge in [-0.05, 0) is 43.4 Å². The first kappa shape index (κ1) is 14.3. The van der Waals surface area contributed by atoms with Crippen molar-refractivity contribution in [3.63, 3.8) is 0 Å². The number of hydrogen-bond donors (Lipinski definition) is 1. The van der Waals surface area contributed by atoms with Gasteiger partial charge >= 0.3 is 0 Å². The lowest BCUT2D eigenvalue weighted by Crippen LogP contribution is -2.39. The van der Waals surface area contributed by atoms with Crippen molar-refractivity contribution < 1.29 is 0 Å². The van der Waals surface area contributed by atoms with Gasteiger partial charge in [0.1, 0.15) is 5.82 Å². The van der Waals surface area contributed by atoms with Crippen molar-refractivity contribution >= 4 is 5.82 Å². The molecule has 1 fully saturated rings. The van der Waals surface area contributed by atoms with Crippen LogP contribution in [0.1, 0.15) is 39.3 Å². The third-order valence-electron chi connectivity index (χ3n) is 3.72. The Bertz CT molecular complexity index is 381. The van der Waals surface area contributed by atoms with Gasteiger partial charge in [-0.2, -0.15) is 0 Å². The Morgan fingerprint density at radius 3 is 2.68 bits per heavy atom. The first-order chi connectivity index (χ1) is 9.19. The van der Waals surface area contributed by atoms with Gasteiger partial charge in [-0.1, -0.05) is 26.8 Å². The fourth-order valence-electron chi connectivity index (χ4n) is 2.98. The van der Waals surface area contributed by atoms with E-state index in [4.69, 9.17) is 4.98 Å². The molecule has 0 aliphatic carbocycles. The fraction of sp³-hybridized carbons (Fsp3) is 0.688. The van der Waals surface area contributed by atoms with Gasteiger partial charge in [0, 0.05) is 19.6 Å². The topological polar surface area (TPSA) is 28.2 Å². The Morgan fingerprint density at radius 1 is 1.26 bits per heavy atom. The predicted octanol–water partition coefficient (Wildman–Crippen LogP) is 3.06. The van der Waals surface area contributed by atoms with E-state index in [1.54, 1.807) is 0 Å². The summed E-state index contributed by atoms with van der Waals surface area (Å²) in [7, 11) is 0. The van der Waals surface area contributed by atoms with Crippen molar-refractivity contribution in [3.8, 4) is 0 Å². The minimum Gasteiger partial charge on any atom is -0.356 e. The second-order valence-corrected chi connectivity index (χ2v) is 6.01. The molecule has 106 valence electrons. The van der Waals surface area contributed by atoms with E-state index in [2.05, 4.69) is 49.2 Å². The molecule has 3 heteroatoms. The molecule has 0 spiro atoms. The van der Waals surface area contributed by atoms with E-state index in [-0.39, 0.29) is 0 Å². The number of pyridine rings is 1. The van der Waals surface area contributed by atoms with Crippen molar-refractivity contribution in [2.24, 2.45) is 11.8 Å². The molecule has 0 amide bonds. The molecular weight excluding hydrogens is 234 g/mol. The van der Waals surface area contributed by atoms with Crippen LogP contribution in [0.4, 0.5) is 5.82 Å². The Morgan fingerprint density at radius 2 is 2.00 bits per heavy atom. The normalized spacial score (nSPS) is 23.6. The highest BCUT2D eigenvalue weighted by molar-refractivity contribution is 5.40. The Kier molecular flexibility index (Phi) is 5.20. The van der Waals surface area contributed by atoms with Crippen LogP contribution in [0.2, 0.25) is 0 Å². The maximum Gasteiger partial charge on any atom is 0.128 e. The maximum absolute atomic E-state index is 4.80. The molecular formula is C16H27N3. The van der Waals surface area contributed by atoms with E-state index in [9.17, 15) is 0 Å². The molecule has 0 aromatic carbocycles. The average molecular weight is 261 g/mol. The molecule has 1 aromatic heterocycles. The maximum atomic E-state index is 4.80. The highest BCUT2D eigenvalue weighted by Gasteiger charge is 2.22. The zero-order valence-electron chi connectivity index (χ0n) is 12.5. The number of anilines is 1. The number of rotatable bonds is 5. The Labute approximate surface area is 117 Å². The third-order valence-corrected chi connectivity index (χ3v) is 3.72. The number of nitrogens with zero attached hydrogens (tertiary/aromatic N) is 2. The lowest BCUT2D eigenvalue weighted by Gasteiger charge is -2.36. The molecule has 1 saturated heterocycles. The van der Waals surface area contributed by atoms with Crippen LogP contribution in [0.5, 0.6) is 0 Å². The average Bonchev–Trinajstić information content (AvgIpc) is 2.38. The summed E-state index contributed by atoms with van der Waals surface area (Å²) >= 11 is 0. The van der Waals surface area contributed by atoms with Crippen LogP contribution >= 0.6 is 0 Å². The minimum atomic E-state index is 0.771. The van der Waals surface area contributed by atoms with E-state index in [0.29, 0.717) is 0 Å². The van der Waals surface area contributed by atoms with Crippen LogP contribution in [0.3, 0.4) is 0 Å². The Hall–Kier alpha value is -1.09. The quantitative estimate of drug-likeness (QED) is 0.826. The molecule has 19 heavy (non-hydrogen) atoms. The van der Waals surface area contributed by atoms with Gasteiger partial charge in [0.25, 0.3) is 0 Å². The van der Waals surface area contributed by atoms with Gasteiger partial charge in [-0.15, -0.1) is 0 Å². The highest BCUT2D eigenvalue weighted by Crippen LogP contribution is 2.24. The summed E-state index contributed by atoms with van der Waals surface area (Å²) in [4.78, 5) is 7.25. The lowest BCUT2D eigenvalue weighted by atomic mass is 9.92. The molecule has 2 atom stereocenters. The van der Waals surface area contributed by atoms with E-state index >= 15 is 0 Å². The molecule has 0 bridgehead atoms. The van der Waals surface area contributed by atoms with Crippen LogP contribution in [-0.2, 0) is 6.54 Å². The second kappa shape index (κ2) is 6.90. The van der Waals surface area contributed by atoms with Gasteiger partial charge in [0.05, 0.1) is 5.69 Å². The molecule has 1 N–H and O–H groups in total. The summed E-state index contributed by atoms with van der Waals surface area (Å²) in [6.45, 7) is 11.1. The summed E-state index contributed by atoms with van der Waals surface area (Å²) in [5.74, 6) is 2.69. The number of nitrogens with one attached hydrogen (secondary N) is 1.